The molecule has 10 nitrogen and oxygen atoms in total. The van der Waals surface area contributed by atoms with Crippen LogP contribution < -0.4 is 21.2 Å². The molecule has 0 bridgehead atoms. The Bertz CT molecular complexity index is 1280. The predicted octanol–water partition coefficient (Wildman–Crippen LogP) is -0.846. The Morgan fingerprint density at radius 2 is 2.00 bits per heavy atom. The highest BCUT2D eigenvalue weighted by Crippen LogP contribution is 2.14. The Hall–Kier alpha value is -2.66. The maximum Gasteiger partial charge on any atom is 0.338 e. The van der Waals surface area contributed by atoms with Crippen LogP contribution in [-0.4, -0.2) is 50.2 Å². The lowest BCUT2D eigenvalue weighted by atomic mass is 10.2. The minimum atomic E-state index is -4.28. The number of carbonyl (C=O) groups excluding carboxylic acids is 2. The first kappa shape index (κ1) is 9.70. The second-order valence-electron chi connectivity index (χ2n) is 4.36. The number of rotatable bonds is 9. The molecule has 1 rings (SSSR count). The maximum absolute atomic E-state index is 12.6. The van der Waals surface area contributed by atoms with Gasteiger partial charge in [0.25, 0.3) is 7.06 Å². The lowest BCUT2D eigenvalue weighted by molar-refractivity contribution is -0.134. The van der Waals surface area contributed by atoms with Gasteiger partial charge in [0, 0.05) is 23.6 Å². The molecule has 0 unspecified atom stereocenters. The summed E-state index contributed by atoms with van der Waals surface area (Å²) in [5.74, 6) is -4.74. The average molecular weight is 433 g/mol. The van der Waals surface area contributed by atoms with Crippen molar-refractivity contribution in [2.75, 3.05) is 19.4 Å². The fourth-order valence-corrected chi connectivity index (χ4v) is 1.23. The predicted molar refractivity (Wildman–Crippen MR) is 101 cm³/mol. The summed E-state index contributed by atoms with van der Waals surface area (Å²) < 4.78 is 153. The van der Waals surface area contributed by atoms with Crippen molar-refractivity contribution >= 4 is 28.0 Å². The average Bonchev–Trinajstić information content (AvgIpc) is 2.82. The highest BCUT2D eigenvalue weighted by molar-refractivity contribution is 7.84. The molecular formula is C17H27N3O7S. The summed E-state index contributed by atoms with van der Waals surface area (Å²) in [4.78, 5) is 24.3. The monoisotopic (exact) mass is 432 g/mol. The number of hydrogen-bond acceptors (Lipinski definition) is 7. The molecule has 1 aromatic rings. The standard InChI is InChI=1S/C16H23N3O4.CH4O3S/c1-2-22-15(21)12-7-9-13(10-8-12)23-14(20)6-4-3-5-11-19-16(17)18;1-5(2,3)4/h7-10H,2-6,11H2,1H3,(H4,17,18,19);1H3,(H,2,3,4)/i3D2,4D2,5D2,6D2,11D2;/hD5. The van der Waals surface area contributed by atoms with Crippen LogP contribution in [0.4, 0.5) is 0 Å². The molecule has 0 aliphatic rings. The number of nitrogens with two attached hydrogens (primary N) is 2. The van der Waals surface area contributed by atoms with Crippen molar-refractivity contribution in [3.8, 4) is 5.75 Å². The largest absolute Gasteiger partial charge is 0.748 e. The van der Waals surface area contributed by atoms with E-state index in [-0.39, 0.29) is 12.2 Å². The third kappa shape index (κ3) is 15.6. The topological polar surface area (TPSA) is 173 Å². The lowest BCUT2D eigenvalue weighted by Crippen LogP contribution is -2.54. The van der Waals surface area contributed by atoms with Crippen LogP contribution in [0.2, 0.25) is 7.06 Å². The molecule has 5 N–H and O–H groups in total. The summed E-state index contributed by atoms with van der Waals surface area (Å²) in [6, 6.07) is 4.33. The summed E-state index contributed by atoms with van der Waals surface area (Å²) in [5, 5.41) is -1.37. The third-order valence-electron chi connectivity index (χ3n) is 2.08. The van der Waals surface area contributed by atoms with Crippen molar-refractivity contribution in [2.24, 2.45) is 5.72 Å². The van der Waals surface area contributed by atoms with Gasteiger partial charge in [-0.1, -0.05) is 0 Å². The number of benzene rings is 1. The Morgan fingerprint density at radius 3 is 2.54 bits per heavy atom. The van der Waals surface area contributed by atoms with Crippen LogP contribution in [0, 0.1) is 0 Å². The molecule has 0 aliphatic heterocycles. The van der Waals surface area contributed by atoms with Crippen molar-refractivity contribution in [1.29, 1.82) is 0 Å². The van der Waals surface area contributed by atoms with Gasteiger partial charge in [-0.15, -0.1) is 0 Å². The van der Waals surface area contributed by atoms with Crippen LogP contribution in [0.3, 0.4) is 0 Å². The molecule has 1 aromatic carbocycles. The molecule has 0 fully saturated rings. The van der Waals surface area contributed by atoms with E-state index in [9.17, 15) is 9.59 Å². The van der Waals surface area contributed by atoms with Crippen LogP contribution in [0.25, 0.3) is 0 Å². The molecular weight excluding hydrogens is 390 g/mol. The van der Waals surface area contributed by atoms with E-state index in [0.717, 1.165) is 24.3 Å². The fraction of sp³-hybridized carbons (Fsp3) is 0.471. The van der Waals surface area contributed by atoms with Gasteiger partial charge in [0.15, 0.2) is 0 Å². The molecule has 0 amide bonds. The first-order chi connectivity index (χ1) is 19.0. The van der Waals surface area contributed by atoms with E-state index in [2.05, 4.69) is 0 Å². The van der Waals surface area contributed by atoms with E-state index in [4.69, 9.17) is 43.2 Å². The summed E-state index contributed by atoms with van der Waals surface area (Å²) in [5.41, 5.74) is -0.597. The second kappa shape index (κ2) is 13.5. The highest BCUT2D eigenvalue weighted by atomic mass is 32.2. The van der Waals surface area contributed by atoms with Gasteiger partial charge < -0.3 is 14.0 Å². The Labute approximate surface area is 186 Å². The zero-order valence-electron chi connectivity index (χ0n) is 29.6. The summed E-state index contributed by atoms with van der Waals surface area (Å²) in [6.07, 6.45) is -16.1. The van der Waals surface area contributed by atoms with Crippen LogP contribution in [0.5, 0.6) is 5.75 Å². The number of carbonyl (C=O) groups is 2. The Morgan fingerprint density at radius 1 is 1.36 bits per heavy atom. The highest BCUT2D eigenvalue weighted by Gasteiger charge is 2.08. The number of ether oxygens (including phenoxy) is 2. The van der Waals surface area contributed by atoms with Crippen LogP contribution in [0.1, 0.15) is 56.5 Å². The summed E-state index contributed by atoms with van der Waals surface area (Å²) in [7, 11) is -3.92. The smallest absolute Gasteiger partial charge is 0.338 e. The molecule has 0 saturated heterocycles. The minimum absolute atomic E-state index is 0.0331. The number of hydrogen-bond donors (Lipinski definition) is 3. The molecule has 0 aromatic heterocycles. The van der Waals surface area contributed by atoms with Crippen molar-refractivity contribution in [3.63, 3.8) is 0 Å². The molecule has 0 heterocycles. The van der Waals surface area contributed by atoms with Crippen molar-refractivity contribution < 1.29 is 58.2 Å². The van der Waals surface area contributed by atoms with E-state index < -0.39 is 82.2 Å². The van der Waals surface area contributed by atoms with Gasteiger partial charge in [-0.3, -0.25) is 21.2 Å². The van der Waals surface area contributed by atoms with Crippen molar-refractivity contribution in [3.05, 3.63) is 29.8 Å². The van der Waals surface area contributed by atoms with Crippen LogP contribution in [-0.2, 0) is 19.6 Å². The van der Waals surface area contributed by atoms with Crippen LogP contribution in [0.15, 0.2) is 24.3 Å². The summed E-state index contributed by atoms with van der Waals surface area (Å²) >= 11 is 0. The number of nitrogens with one attached hydrogen (secondary N) is 1. The maximum atomic E-state index is 12.6. The first-order valence-corrected chi connectivity index (χ1v) is 8.96. The van der Waals surface area contributed by atoms with Crippen molar-refractivity contribution in [2.45, 2.75) is 32.4 Å². The van der Waals surface area contributed by atoms with Crippen LogP contribution >= 0.6 is 0 Å². The molecule has 0 aliphatic carbocycles. The second-order valence-corrected chi connectivity index (χ2v) is 5.77. The van der Waals surface area contributed by atoms with Gasteiger partial charge in [0.05, 0.1) is 31.5 Å². The quantitative estimate of drug-likeness (QED) is 0.148. The van der Waals surface area contributed by atoms with Gasteiger partial charge in [-0.25, -0.2) is 13.2 Å². The van der Waals surface area contributed by atoms with E-state index in [0.29, 0.717) is 6.26 Å². The number of esters is 2. The molecule has 158 valence electrons. The van der Waals surface area contributed by atoms with E-state index in [1.54, 1.807) is 6.92 Å². The van der Waals surface area contributed by atoms with Gasteiger partial charge in [0.1, 0.15) is 5.75 Å². The van der Waals surface area contributed by atoms with E-state index in [1.165, 1.54) is 0 Å². The first-order valence-electron chi connectivity index (χ1n) is 14.4. The zero-order valence-corrected chi connectivity index (χ0v) is 15.4. The van der Waals surface area contributed by atoms with Gasteiger partial charge in [0.2, 0.25) is 0 Å². The molecule has 28 heavy (non-hydrogen) atoms. The van der Waals surface area contributed by atoms with Crippen molar-refractivity contribution in [1.82, 2.24) is 5.31 Å². The fourth-order valence-electron chi connectivity index (χ4n) is 1.23. The Kier molecular flexibility index (Phi) is 4.68. The normalized spacial score (nSPS) is 20.3. The third-order valence-corrected chi connectivity index (χ3v) is 2.08. The van der Waals surface area contributed by atoms with E-state index in [1.807, 2.05) is 0 Å². The molecule has 11 heteroatoms. The lowest BCUT2D eigenvalue weighted by Gasteiger charge is -2.06. The van der Waals surface area contributed by atoms with Gasteiger partial charge in [-0.2, -0.15) is 0 Å². The van der Waals surface area contributed by atoms with Gasteiger partial charge in [-0.05, 0) is 50.3 Å². The number of guanidine groups is 1. The molecule has 0 saturated carbocycles. The van der Waals surface area contributed by atoms with E-state index >= 15 is 0 Å². The molecule has 0 atom stereocenters. The zero-order chi connectivity index (χ0) is 34.6. The van der Waals surface area contributed by atoms with Gasteiger partial charge >= 0.3 is 17.9 Å². The molecule has 0 spiro atoms. The SMILES string of the molecule is CS(=O)(=O)[O-].[2H]N([2H])C(N([2H])C([2H])([2H])C([2H])([2H])C([2H])([2H])C([2H])([2H])C([2H])([2H])C(=O)Oc1ccc(C(=O)OCC)cc1)=[N+]([2H])[2H]. The molecule has 0 radical (unpaired) electrons. The summed E-state index contributed by atoms with van der Waals surface area (Å²) in [6.45, 7) is -2.41. The Balaban J connectivity index is 0.00000324. The minimum Gasteiger partial charge on any atom is -0.748 e.